The standard InChI is InChI=1S/C20H28O3S2/c1-5-18(21)19(15(2)13-20(3)24-11-6-12-25-20)23-14-16-7-9-17(22-4)10-8-16/h5,7-10,18-19,21H,1-2,6,11-14H2,3-4H3/t18-,19+/m1/s1. The van der Waals surface area contributed by atoms with Gasteiger partial charge in [-0.25, -0.2) is 0 Å². The summed E-state index contributed by atoms with van der Waals surface area (Å²) in [5.74, 6) is 3.17. The van der Waals surface area contributed by atoms with Gasteiger partial charge in [0.2, 0.25) is 0 Å². The molecule has 1 aliphatic rings. The molecule has 1 heterocycles. The van der Waals surface area contributed by atoms with E-state index in [4.69, 9.17) is 9.47 Å². The third-order valence-corrected chi connectivity index (χ3v) is 7.40. The summed E-state index contributed by atoms with van der Waals surface area (Å²) in [6.07, 6.45) is 2.39. The summed E-state index contributed by atoms with van der Waals surface area (Å²) < 4.78 is 11.3. The van der Waals surface area contributed by atoms with E-state index in [1.807, 2.05) is 47.8 Å². The lowest BCUT2D eigenvalue weighted by molar-refractivity contribution is -0.00624. The Kier molecular flexibility index (Phi) is 7.94. The predicted molar refractivity (Wildman–Crippen MR) is 109 cm³/mol. The van der Waals surface area contributed by atoms with Gasteiger partial charge in [0.1, 0.15) is 18.0 Å². The Labute approximate surface area is 159 Å². The van der Waals surface area contributed by atoms with Crippen molar-refractivity contribution in [3.8, 4) is 5.75 Å². The minimum atomic E-state index is -0.757. The lowest BCUT2D eigenvalue weighted by atomic mass is 10.0. The molecule has 0 aromatic heterocycles. The quantitative estimate of drug-likeness (QED) is 0.631. The predicted octanol–water partition coefficient (Wildman–Crippen LogP) is 4.66. The Morgan fingerprint density at radius 3 is 2.52 bits per heavy atom. The van der Waals surface area contributed by atoms with Crippen LogP contribution in [0.15, 0.2) is 49.1 Å². The van der Waals surface area contributed by atoms with Crippen molar-refractivity contribution in [2.75, 3.05) is 18.6 Å². The van der Waals surface area contributed by atoms with E-state index in [-0.39, 0.29) is 4.08 Å². The van der Waals surface area contributed by atoms with Gasteiger partial charge < -0.3 is 14.6 Å². The first-order chi connectivity index (χ1) is 12.0. The second-order valence-corrected chi connectivity index (χ2v) is 9.78. The summed E-state index contributed by atoms with van der Waals surface area (Å²) in [6, 6.07) is 7.74. The van der Waals surface area contributed by atoms with Crippen molar-refractivity contribution in [3.05, 3.63) is 54.6 Å². The van der Waals surface area contributed by atoms with Crippen LogP contribution in [0.25, 0.3) is 0 Å². The van der Waals surface area contributed by atoms with Gasteiger partial charge in [0.15, 0.2) is 0 Å². The zero-order valence-corrected chi connectivity index (χ0v) is 16.7. The average Bonchev–Trinajstić information content (AvgIpc) is 2.62. The van der Waals surface area contributed by atoms with E-state index in [2.05, 4.69) is 20.1 Å². The maximum Gasteiger partial charge on any atom is 0.118 e. The third-order valence-electron chi connectivity index (χ3n) is 4.19. The zero-order chi connectivity index (χ0) is 18.3. The van der Waals surface area contributed by atoms with Crippen molar-refractivity contribution < 1.29 is 14.6 Å². The molecule has 0 bridgehead atoms. The first-order valence-corrected chi connectivity index (χ1v) is 10.5. The number of ether oxygens (including phenoxy) is 2. The van der Waals surface area contributed by atoms with Crippen molar-refractivity contribution in [2.24, 2.45) is 0 Å². The van der Waals surface area contributed by atoms with Crippen molar-refractivity contribution in [2.45, 2.75) is 42.7 Å². The number of hydrogen-bond acceptors (Lipinski definition) is 5. The van der Waals surface area contributed by atoms with Crippen LogP contribution in [-0.2, 0) is 11.3 Å². The molecular weight excluding hydrogens is 352 g/mol. The van der Waals surface area contributed by atoms with E-state index < -0.39 is 12.2 Å². The minimum Gasteiger partial charge on any atom is -0.497 e. The van der Waals surface area contributed by atoms with Gasteiger partial charge in [-0.1, -0.05) is 24.8 Å². The van der Waals surface area contributed by atoms with Crippen molar-refractivity contribution >= 4 is 23.5 Å². The molecule has 0 aliphatic carbocycles. The smallest absolute Gasteiger partial charge is 0.118 e. The normalized spacial score (nSPS) is 19.0. The molecule has 25 heavy (non-hydrogen) atoms. The molecule has 3 nitrogen and oxygen atoms in total. The summed E-state index contributed by atoms with van der Waals surface area (Å²) in [5, 5.41) is 10.3. The number of thioether (sulfide) groups is 2. The molecule has 0 radical (unpaired) electrons. The molecule has 5 heteroatoms. The maximum absolute atomic E-state index is 10.3. The molecule has 0 saturated carbocycles. The van der Waals surface area contributed by atoms with Crippen LogP contribution in [0.2, 0.25) is 0 Å². The summed E-state index contributed by atoms with van der Waals surface area (Å²) in [7, 11) is 1.65. The molecule has 1 aromatic rings. The number of methoxy groups -OCH3 is 1. The van der Waals surface area contributed by atoms with E-state index in [9.17, 15) is 5.11 Å². The van der Waals surface area contributed by atoms with E-state index in [1.165, 1.54) is 24.0 Å². The van der Waals surface area contributed by atoms with Crippen molar-refractivity contribution in [1.29, 1.82) is 0 Å². The van der Waals surface area contributed by atoms with Crippen LogP contribution in [0.3, 0.4) is 0 Å². The Hall–Kier alpha value is -0.880. The van der Waals surface area contributed by atoms with Gasteiger partial charge in [-0.15, -0.1) is 30.1 Å². The fraction of sp³-hybridized carbons (Fsp3) is 0.500. The monoisotopic (exact) mass is 380 g/mol. The molecule has 1 fully saturated rings. The van der Waals surface area contributed by atoms with E-state index in [1.54, 1.807) is 7.11 Å². The van der Waals surface area contributed by atoms with Crippen molar-refractivity contribution in [3.63, 3.8) is 0 Å². The van der Waals surface area contributed by atoms with Crippen LogP contribution in [0.1, 0.15) is 25.3 Å². The van der Waals surface area contributed by atoms with E-state index in [0.29, 0.717) is 6.61 Å². The van der Waals surface area contributed by atoms with Crippen LogP contribution in [0.4, 0.5) is 0 Å². The van der Waals surface area contributed by atoms with Crippen LogP contribution < -0.4 is 4.74 Å². The Balaban J connectivity index is 1.99. The highest BCUT2D eigenvalue weighted by Crippen LogP contribution is 2.46. The van der Waals surface area contributed by atoms with Gasteiger partial charge in [-0.05, 0) is 54.5 Å². The molecule has 1 aliphatic heterocycles. The van der Waals surface area contributed by atoms with Gasteiger partial charge in [0.05, 0.1) is 17.8 Å². The molecule has 2 rings (SSSR count). The molecular formula is C20H28O3S2. The van der Waals surface area contributed by atoms with Crippen LogP contribution in [0, 0.1) is 0 Å². The summed E-state index contributed by atoms with van der Waals surface area (Å²) in [5.41, 5.74) is 1.95. The van der Waals surface area contributed by atoms with Crippen LogP contribution in [-0.4, -0.2) is 40.0 Å². The first-order valence-electron chi connectivity index (χ1n) is 8.48. The highest BCUT2D eigenvalue weighted by Gasteiger charge is 2.32. The summed E-state index contributed by atoms with van der Waals surface area (Å²) in [6.45, 7) is 10.6. The summed E-state index contributed by atoms with van der Waals surface area (Å²) >= 11 is 3.95. The fourth-order valence-corrected chi connectivity index (χ4v) is 5.81. The first kappa shape index (κ1) is 20.4. The Morgan fingerprint density at radius 1 is 1.32 bits per heavy atom. The molecule has 1 saturated heterocycles. The van der Waals surface area contributed by atoms with E-state index in [0.717, 1.165) is 23.3 Å². The third kappa shape index (κ3) is 6.10. The van der Waals surface area contributed by atoms with Gasteiger partial charge in [-0.2, -0.15) is 0 Å². The second kappa shape index (κ2) is 9.72. The molecule has 0 amide bonds. The number of hydrogen-bond donors (Lipinski definition) is 1. The SMILES string of the molecule is C=C[C@@H](O)[C@@H](OCc1ccc(OC)cc1)C(=C)CC1(C)SCCCS1. The highest BCUT2D eigenvalue weighted by molar-refractivity contribution is 8.18. The Bertz CT molecular complexity index is 565. The van der Waals surface area contributed by atoms with Gasteiger partial charge in [-0.3, -0.25) is 0 Å². The fourth-order valence-electron chi connectivity index (χ4n) is 2.78. The van der Waals surface area contributed by atoms with Crippen molar-refractivity contribution in [1.82, 2.24) is 0 Å². The lowest BCUT2D eigenvalue weighted by Crippen LogP contribution is -2.32. The molecule has 1 aromatic carbocycles. The van der Waals surface area contributed by atoms with Gasteiger partial charge in [0.25, 0.3) is 0 Å². The minimum absolute atomic E-state index is 0.109. The lowest BCUT2D eigenvalue weighted by Gasteiger charge is -2.35. The van der Waals surface area contributed by atoms with E-state index >= 15 is 0 Å². The average molecular weight is 381 g/mol. The molecule has 0 unspecified atom stereocenters. The molecule has 0 spiro atoms. The maximum atomic E-state index is 10.3. The Morgan fingerprint density at radius 2 is 1.96 bits per heavy atom. The number of aliphatic hydroxyl groups is 1. The summed E-state index contributed by atoms with van der Waals surface area (Å²) in [4.78, 5) is 0. The van der Waals surface area contributed by atoms with Crippen LogP contribution >= 0.6 is 23.5 Å². The molecule has 138 valence electrons. The second-order valence-electron chi connectivity index (χ2n) is 6.33. The number of benzene rings is 1. The topological polar surface area (TPSA) is 38.7 Å². The molecule has 1 N–H and O–H groups in total. The van der Waals surface area contributed by atoms with Gasteiger partial charge in [0, 0.05) is 0 Å². The largest absolute Gasteiger partial charge is 0.497 e. The molecule has 2 atom stereocenters. The van der Waals surface area contributed by atoms with Gasteiger partial charge >= 0.3 is 0 Å². The zero-order valence-electron chi connectivity index (χ0n) is 15.1. The number of rotatable bonds is 9. The number of aliphatic hydroxyl groups excluding tert-OH is 1. The highest BCUT2D eigenvalue weighted by atomic mass is 32.2. The van der Waals surface area contributed by atoms with Crippen LogP contribution in [0.5, 0.6) is 5.75 Å².